The molecule has 3 amide bonds. The first kappa shape index (κ1) is 13.3. The molecule has 20 heavy (non-hydrogen) atoms. The molecule has 2 saturated heterocycles. The number of fused-ring (bicyclic) bond motifs is 1. The summed E-state index contributed by atoms with van der Waals surface area (Å²) in [4.78, 5) is 28.4. The Hall–Kier alpha value is -1.69. The van der Waals surface area contributed by atoms with Gasteiger partial charge in [0.15, 0.2) is 0 Å². The largest absolute Gasteiger partial charge is 0.338 e. The van der Waals surface area contributed by atoms with Gasteiger partial charge in [0.1, 0.15) is 0 Å². The second-order valence-corrected chi connectivity index (χ2v) is 5.73. The van der Waals surface area contributed by atoms with Gasteiger partial charge in [-0.05, 0) is 17.7 Å². The molecule has 1 N–H and O–H groups in total. The fourth-order valence-electron chi connectivity index (χ4n) is 2.73. The monoisotopic (exact) mass is 291 g/mol. The fourth-order valence-corrected chi connectivity index (χ4v) is 2.88. The molecule has 2 aliphatic heterocycles. The van der Waals surface area contributed by atoms with Crippen molar-refractivity contribution >= 4 is 24.6 Å². The van der Waals surface area contributed by atoms with E-state index in [-0.39, 0.29) is 18.0 Å². The Morgan fingerprint density at radius 3 is 2.80 bits per heavy atom. The van der Waals surface area contributed by atoms with Crippen LogP contribution in [0, 0.1) is 0 Å². The van der Waals surface area contributed by atoms with Gasteiger partial charge in [0.2, 0.25) is 5.91 Å². The summed E-state index contributed by atoms with van der Waals surface area (Å²) in [5.74, 6) is 0.121. The van der Waals surface area contributed by atoms with E-state index < -0.39 is 0 Å². The quantitative estimate of drug-likeness (QED) is 0.790. The third kappa shape index (κ3) is 2.60. The van der Waals surface area contributed by atoms with Gasteiger partial charge in [0, 0.05) is 31.1 Å². The van der Waals surface area contributed by atoms with Crippen LogP contribution in [0.25, 0.3) is 0 Å². The number of nitrogens with one attached hydrogen (secondary N) is 1. The highest BCUT2D eigenvalue weighted by Gasteiger charge is 2.36. The number of rotatable bonds is 2. The number of benzene rings is 1. The van der Waals surface area contributed by atoms with Crippen molar-refractivity contribution in [3.8, 4) is 0 Å². The van der Waals surface area contributed by atoms with Crippen LogP contribution in [0.4, 0.5) is 4.79 Å². The number of carbonyl (C=O) groups excluding carboxylic acids is 2. The van der Waals surface area contributed by atoms with Crippen LogP contribution in [0.15, 0.2) is 29.2 Å². The molecular weight excluding hydrogens is 274 g/mol. The molecule has 0 bridgehead atoms. The lowest BCUT2D eigenvalue weighted by atomic mass is 10.1. The van der Waals surface area contributed by atoms with Gasteiger partial charge in [-0.15, -0.1) is 12.6 Å². The summed E-state index contributed by atoms with van der Waals surface area (Å²) in [5.41, 5.74) is 0.996. The van der Waals surface area contributed by atoms with E-state index in [4.69, 9.17) is 0 Å². The van der Waals surface area contributed by atoms with Crippen LogP contribution < -0.4 is 5.32 Å². The minimum Gasteiger partial charge on any atom is -0.338 e. The maximum atomic E-state index is 12.3. The van der Waals surface area contributed by atoms with E-state index in [9.17, 15) is 9.59 Å². The van der Waals surface area contributed by atoms with Crippen LogP contribution in [-0.4, -0.2) is 54.0 Å². The zero-order valence-corrected chi connectivity index (χ0v) is 12.0. The minimum absolute atomic E-state index is 0.00790. The summed E-state index contributed by atoms with van der Waals surface area (Å²) in [6.45, 7) is 2.50. The van der Waals surface area contributed by atoms with Crippen LogP contribution >= 0.6 is 12.6 Å². The summed E-state index contributed by atoms with van der Waals surface area (Å²) < 4.78 is 0. The molecule has 2 fully saturated rings. The van der Waals surface area contributed by atoms with Crippen molar-refractivity contribution in [2.24, 2.45) is 0 Å². The van der Waals surface area contributed by atoms with Crippen molar-refractivity contribution in [1.82, 2.24) is 15.1 Å². The van der Waals surface area contributed by atoms with Crippen LogP contribution in [0.2, 0.25) is 0 Å². The average molecular weight is 291 g/mol. The van der Waals surface area contributed by atoms with Crippen molar-refractivity contribution in [2.75, 3.05) is 26.2 Å². The van der Waals surface area contributed by atoms with Gasteiger partial charge in [-0.3, -0.25) is 4.79 Å². The number of urea groups is 1. The van der Waals surface area contributed by atoms with E-state index in [1.807, 2.05) is 34.1 Å². The van der Waals surface area contributed by atoms with Crippen LogP contribution in [0.3, 0.4) is 0 Å². The molecule has 106 valence electrons. The first-order valence-electron chi connectivity index (χ1n) is 6.73. The standard InChI is InChI=1S/C14H17N3O2S/c18-13(7-10-1-3-12(20)4-2-10)16-5-6-17-11(9-16)8-15-14(17)19/h1-4,11,20H,5-9H2,(H,15,19). The fraction of sp³-hybridized carbons (Fsp3) is 0.429. The van der Waals surface area contributed by atoms with E-state index in [0.717, 1.165) is 10.5 Å². The number of hydrogen-bond acceptors (Lipinski definition) is 3. The number of thiol groups is 1. The number of hydrogen-bond donors (Lipinski definition) is 2. The summed E-state index contributed by atoms with van der Waals surface area (Å²) in [5, 5.41) is 2.82. The van der Waals surface area contributed by atoms with Crippen molar-refractivity contribution < 1.29 is 9.59 Å². The molecule has 0 spiro atoms. The summed E-state index contributed by atoms with van der Waals surface area (Å²) in [6.07, 6.45) is 0.405. The Morgan fingerprint density at radius 1 is 1.30 bits per heavy atom. The molecule has 2 heterocycles. The van der Waals surface area contributed by atoms with Gasteiger partial charge in [0.05, 0.1) is 12.5 Å². The lowest BCUT2D eigenvalue weighted by molar-refractivity contribution is -0.132. The average Bonchev–Trinajstić information content (AvgIpc) is 2.82. The van der Waals surface area contributed by atoms with E-state index >= 15 is 0 Å². The van der Waals surface area contributed by atoms with Crippen LogP contribution in [0.1, 0.15) is 5.56 Å². The van der Waals surface area contributed by atoms with Gasteiger partial charge in [0.25, 0.3) is 0 Å². The summed E-state index contributed by atoms with van der Waals surface area (Å²) in [6, 6.07) is 7.76. The van der Waals surface area contributed by atoms with E-state index in [1.165, 1.54) is 0 Å². The first-order valence-corrected chi connectivity index (χ1v) is 7.18. The second-order valence-electron chi connectivity index (χ2n) is 5.22. The van der Waals surface area contributed by atoms with Gasteiger partial charge >= 0.3 is 6.03 Å². The molecule has 0 aromatic heterocycles. The van der Waals surface area contributed by atoms with Crippen molar-refractivity contribution in [3.05, 3.63) is 29.8 Å². The Bertz CT molecular complexity index is 532. The third-order valence-corrected chi connectivity index (χ3v) is 4.18. The zero-order chi connectivity index (χ0) is 14.1. The van der Waals surface area contributed by atoms with Crippen molar-refractivity contribution in [1.29, 1.82) is 0 Å². The van der Waals surface area contributed by atoms with E-state index in [1.54, 1.807) is 0 Å². The molecule has 1 atom stereocenters. The second kappa shape index (κ2) is 5.36. The minimum atomic E-state index is -0.00790. The Labute approximate surface area is 123 Å². The smallest absolute Gasteiger partial charge is 0.317 e. The van der Waals surface area contributed by atoms with E-state index in [0.29, 0.717) is 32.6 Å². The number of amides is 3. The summed E-state index contributed by atoms with van der Waals surface area (Å²) in [7, 11) is 0. The predicted octanol–water partition coefficient (Wildman–Crippen LogP) is 0.754. The molecular formula is C14H17N3O2S. The number of carbonyl (C=O) groups is 2. The topological polar surface area (TPSA) is 52.7 Å². The highest BCUT2D eigenvalue weighted by molar-refractivity contribution is 7.80. The SMILES string of the molecule is O=C(Cc1ccc(S)cc1)N1CCN2C(=O)NCC2C1. The predicted molar refractivity (Wildman–Crippen MR) is 77.9 cm³/mol. The lowest BCUT2D eigenvalue weighted by Gasteiger charge is -2.36. The molecule has 1 unspecified atom stereocenters. The van der Waals surface area contributed by atoms with E-state index in [2.05, 4.69) is 17.9 Å². The Kier molecular flexibility index (Phi) is 3.56. The van der Waals surface area contributed by atoms with Crippen LogP contribution in [-0.2, 0) is 11.2 Å². The number of nitrogens with zero attached hydrogens (tertiary/aromatic N) is 2. The Morgan fingerprint density at radius 2 is 2.05 bits per heavy atom. The van der Waals surface area contributed by atoms with Gasteiger partial charge < -0.3 is 15.1 Å². The van der Waals surface area contributed by atoms with Crippen molar-refractivity contribution in [3.63, 3.8) is 0 Å². The van der Waals surface area contributed by atoms with Gasteiger partial charge in [-0.25, -0.2) is 4.79 Å². The maximum absolute atomic E-state index is 12.3. The normalized spacial score (nSPS) is 21.6. The third-order valence-electron chi connectivity index (χ3n) is 3.88. The number of piperazine rings is 1. The highest BCUT2D eigenvalue weighted by atomic mass is 32.1. The van der Waals surface area contributed by atoms with Crippen molar-refractivity contribution in [2.45, 2.75) is 17.4 Å². The van der Waals surface area contributed by atoms with Crippen LogP contribution in [0.5, 0.6) is 0 Å². The maximum Gasteiger partial charge on any atom is 0.317 e. The first-order chi connectivity index (χ1) is 9.63. The van der Waals surface area contributed by atoms with Gasteiger partial charge in [-0.1, -0.05) is 12.1 Å². The molecule has 5 nitrogen and oxygen atoms in total. The highest BCUT2D eigenvalue weighted by Crippen LogP contribution is 2.16. The molecule has 6 heteroatoms. The molecule has 3 rings (SSSR count). The Balaban J connectivity index is 1.61. The zero-order valence-electron chi connectivity index (χ0n) is 11.1. The molecule has 0 radical (unpaired) electrons. The molecule has 2 aliphatic rings. The lowest BCUT2D eigenvalue weighted by Crippen LogP contribution is -2.54. The molecule has 0 aliphatic carbocycles. The van der Waals surface area contributed by atoms with Gasteiger partial charge in [-0.2, -0.15) is 0 Å². The molecule has 1 aromatic rings. The molecule has 1 aromatic carbocycles. The molecule has 0 saturated carbocycles. The summed E-state index contributed by atoms with van der Waals surface area (Å²) >= 11 is 4.23.